The minimum absolute atomic E-state index is 0.120. The number of aromatic nitrogens is 2. The van der Waals surface area contributed by atoms with E-state index >= 15 is 0 Å². The van der Waals surface area contributed by atoms with Crippen LogP contribution in [-0.4, -0.2) is 21.6 Å². The second-order valence-corrected chi connectivity index (χ2v) is 7.31. The first kappa shape index (κ1) is 19.3. The van der Waals surface area contributed by atoms with Crippen LogP contribution in [0.25, 0.3) is 11.4 Å². The molecule has 0 aliphatic rings. The molecular weight excluding hydrogens is 385 g/mol. The van der Waals surface area contributed by atoms with Crippen LogP contribution < -0.4 is 5.32 Å². The summed E-state index contributed by atoms with van der Waals surface area (Å²) in [6.45, 7) is 2.24. The van der Waals surface area contributed by atoms with Crippen molar-refractivity contribution in [1.82, 2.24) is 15.3 Å². The number of hydrogen-bond acceptors (Lipinski definition) is 4. The number of carbonyl (C=O) groups excluding carboxylic acids is 1. The van der Waals surface area contributed by atoms with Crippen LogP contribution >= 0.6 is 23.4 Å². The third-order valence-corrected chi connectivity index (χ3v) is 4.81. The molecule has 0 aliphatic heterocycles. The zero-order chi connectivity index (χ0) is 19.2. The highest BCUT2D eigenvalue weighted by molar-refractivity contribution is 7.99. The Labute approximate surface area is 166 Å². The lowest BCUT2D eigenvalue weighted by molar-refractivity contribution is -0.118. The molecule has 0 radical (unpaired) electrons. The van der Waals surface area contributed by atoms with E-state index in [0.717, 1.165) is 21.8 Å². The number of carbonyl (C=O) groups is 1. The highest BCUT2D eigenvalue weighted by Crippen LogP contribution is 2.23. The predicted molar refractivity (Wildman–Crippen MR) is 106 cm³/mol. The molecule has 1 aromatic heterocycles. The van der Waals surface area contributed by atoms with Gasteiger partial charge in [0.1, 0.15) is 10.8 Å². The molecule has 0 atom stereocenters. The van der Waals surface area contributed by atoms with Crippen LogP contribution in [0.15, 0.2) is 59.6 Å². The Morgan fingerprint density at radius 3 is 2.67 bits per heavy atom. The summed E-state index contributed by atoms with van der Waals surface area (Å²) in [6, 6.07) is 15.2. The van der Waals surface area contributed by atoms with Gasteiger partial charge in [-0.15, -0.1) is 0 Å². The van der Waals surface area contributed by atoms with Crippen molar-refractivity contribution < 1.29 is 9.18 Å². The van der Waals surface area contributed by atoms with E-state index in [2.05, 4.69) is 15.3 Å². The van der Waals surface area contributed by atoms with Crippen molar-refractivity contribution in [3.63, 3.8) is 0 Å². The minimum Gasteiger partial charge on any atom is -0.351 e. The minimum atomic E-state index is -0.296. The van der Waals surface area contributed by atoms with Gasteiger partial charge in [-0.3, -0.25) is 4.79 Å². The SMILES string of the molecule is Cc1cc(SCC(=O)NCc2ccc(F)cc2)nc(-c2cccc(Cl)c2)n1. The molecule has 0 aliphatic carbocycles. The number of nitrogens with zero attached hydrogens (tertiary/aromatic N) is 2. The van der Waals surface area contributed by atoms with Crippen LogP contribution in [0.3, 0.4) is 0 Å². The van der Waals surface area contributed by atoms with Gasteiger partial charge in [0.05, 0.1) is 5.75 Å². The highest BCUT2D eigenvalue weighted by atomic mass is 35.5. The lowest BCUT2D eigenvalue weighted by Crippen LogP contribution is -2.24. The van der Waals surface area contributed by atoms with Gasteiger partial charge in [-0.1, -0.05) is 47.6 Å². The molecule has 0 unspecified atom stereocenters. The Morgan fingerprint density at radius 1 is 1.15 bits per heavy atom. The second kappa shape index (κ2) is 8.97. The first-order chi connectivity index (χ1) is 13.0. The van der Waals surface area contributed by atoms with Crippen molar-refractivity contribution in [2.24, 2.45) is 0 Å². The Hall–Kier alpha value is -2.44. The number of rotatable bonds is 6. The molecule has 3 aromatic rings. The van der Waals surface area contributed by atoms with Gasteiger partial charge in [0, 0.05) is 22.8 Å². The van der Waals surface area contributed by atoms with Crippen molar-refractivity contribution in [1.29, 1.82) is 0 Å². The molecule has 2 aromatic carbocycles. The Morgan fingerprint density at radius 2 is 1.93 bits per heavy atom. The zero-order valence-corrected chi connectivity index (χ0v) is 16.1. The molecule has 0 spiro atoms. The lowest BCUT2D eigenvalue weighted by atomic mass is 10.2. The van der Waals surface area contributed by atoms with Gasteiger partial charge < -0.3 is 5.32 Å². The molecule has 3 rings (SSSR count). The lowest BCUT2D eigenvalue weighted by Gasteiger charge is -2.07. The van der Waals surface area contributed by atoms with E-state index in [9.17, 15) is 9.18 Å². The number of amides is 1. The average Bonchev–Trinajstić information content (AvgIpc) is 2.65. The summed E-state index contributed by atoms with van der Waals surface area (Å²) in [5.74, 6) is 0.388. The summed E-state index contributed by atoms with van der Waals surface area (Å²) in [5.41, 5.74) is 2.49. The molecule has 4 nitrogen and oxygen atoms in total. The maximum Gasteiger partial charge on any atom is 0.230 e. The Bertz CT molecular complexity index is 950. The number of aryl methyl sites for hydroxylation is 1. The summed E-state index contributed by atoms with van der Waals surface area (Å²) in [6.07, 6.45) is 0. The number of thioether (sulfide) groups is 1. The van der Waals surface area contributed by atoms with Crippen LogP contribution in [0.4, 0.5) is 4.39 Å². The Balaban J connectivity index is 1.60. The van der Waals surface area contributed by atoms with Gasteiger partial charge in [-0.2, -0.15) is 0 Å². The van der Waals surface area contributed by atoms with E-state index in [1.54, 1.807) is 24.3 Å². The summed E-state index contributed by atoms with van der Waals surface area (Å²) < 4.78 is 12.9. The van der Waals surface area contributed by atoms with E-state index in [-0.39, 0.29) is 17.5 Å². The van der Waals surface area contributed by atoms with Gasteiger partial charge in [0.2, 0.25) is 5.91 Å². The van der Waals surface area contributed by atoms with Gasteiger partial charge >= 0.3 is 0 Å². The third-order valence-electron chi connectivity index (χ3n) is 3.67. The van der Waals surface area contributed by atoms with E-state index < -0.39 is 0 Å². The molecular formula is C20H17ClFN3OS. The van der Waals surface area contributed by atoms with Crippen molar-refractivity contribution in [3.05, 3.63) is 76.7 Å². The van der Waals surface area contributed by atoms with Crippen molar-refractivity contribution in [2.75, 3.05) is 5.75 Å². The maximum atomic E-state index is 12.9. The predicted octanol–water partition coefficient (Wildman–Crippen LogP) is 4.65. The number of halogens is 2. The van der Waals surface area contributed by atoms with E-state index in [4.69, 9.17) is 11.6 Å². The fourth-order valence-corrected chi connectivity index (χ4v) is 3.34. The maximum absolute atomic E-state index is 12.9. The summed E-state index contributed by atoms with van der Waals surface area (Å²) >= 11 is 7.37. The smallest absolute Gasteiger partial charge is 0.230 e. The van der Waals surface area contributed by atoms with Crippen molar-refractivity contribution in [2.45, 2.75) is 18.5 Å². The molecule has 1 amide bonds. The summed E-state index contributed by atoms with van der Waals surface area (Å²) in [7, 11) is 0. The van der Waals surface area contributed by atoms with Gasteiger partial charge in [-0.05, 0) is 42.8 Å². The summed E-state index contributed by atoms with van der Waals surface area (Å²) in [4.78, 5) is 21.0. The van der Waals surface area contributed by atoms with Crippen LogP contribution in [0.2, 0.25) is 5.02 Å². The van der Waals surface area contributed by atoms with Crippen LogP contribution in [0, 0.1) is 12.7 Å². The molecule has 0 bridgehead atoms. The number of hydrogen-bond donors (Lipinski definition) is 1. The van der Waals surface area contributed by atoms with Crippen molar-refractivity contribution >= 4 is 29.3 Å². The normalized spacial score (nSPS) is 10.6. The Kier molecular flexibility index (Phi) is 6.42. The van der Waals surface area contributed by atoms with Gasteiger partial charge in [0.15, 0.2) is 5.82 Å². The molecule has 0 saturated heterocycles. The molecule has 0 fully saturated rings. The molecule has 1 N–H and O–H groups in total. The van der Waals surface area contributed by atoms with E-state index in [1.807, 2.05) is 25.1 Å². The average molecular weight is 402 g/mol. The first-order valence-electron chi connectivity index (χ1n) is 8.25. The molecule has 138 valence electrons. The second-order valence-electron chi connectivity index (χ2n) is 5.87. The molecule has 7 heteroatoms. The molecule has 1 heterocycles. The van der Waals surface area contributed by atoms with Crippen LogP contribution in [0.5, 0.6) is 0 Å². The monoisotopic (exact) mass is 401 g/mol. The first-order valence-corrected chi connectivity index (χ1v) is 9.61. The standard InChI is InChI=1S/C20H17ClFN3OS/c1-13-9-19(25-20(24-13)15-3-2-4-16(21)10-15)27-12-18(26)23-11-14-5-7-17(22)8-6-14/h2-10H,11-12H2,1H3,(H,23,26). The van der Waals surface area contributed by atoms with Gasteiger partial charge in [-0.25, -0.2) is 14.4 Å². The van der Waals surface area contributed by atoms with E-state index in [0.29, 0.717) is 17.4 Å². The zero-order valence-electron chi connectivity index (χ0n) is 14.6. The fourth-order valence-electron chi connectivity index (χ4n) is 2.36. The van der Waals surface area contributed by atoms with Crippen molar-refractivity contribution in [3.8, 4) is 11.4 Å². The number of benzene rings is 2. The van der Waals surface area contributed by atoms with Gasteiger partial charge in [0.25, 0.3) is 0 Å². The molecule has 0 saturated carbocycles. The molecule has 27 heavy (non-hydrogen) atoms. The third kappa shape index (κ3) is 5.77. The number of nitrogens with one attached hydrogen (secondary N) is 1. The fraction of sp³-hybridized carbons (Fsp3) is 0.150. The highest BCUT2D eigenvalue weighted by Gasteiger charge is 2.09. The quantitative estimate of drug-likeness (QED) is 0.482. The van der Waals surface area contributed by atoms with Crippen LogP contribution in [0.1, 0.15) is 11.3 Å². The summed E-state index contributed by atoms with van der Waals surface area (Å²) in [5, 5.41) is 4.15. The topological polar surface area (TPSA) is 54.9 Å². The van der Waals surface area contributed by atoms with Crippen LogP contribution in [-0.2, 0) is 11.3 Å². The van der Waals surface area contributed by atoms with E-state index in [1.165, 1.54) is 23.9 Å². The largest absolute Gasteiger partial charge is 0.351 e.